The van der Waals surface area contributed by atoms with E-state index in [1.165, 1.54) is 17.0 Å². The second-order valence-corrected chi connectivity index (χ2v) is 8.66. The summed E-state index contributed by atoms with van der Waals surface area (Å²) in [4.78, 5) is 14.2. The molecule has 3 rings (SSSR count). The van der Waals surface area contributed by atoms with E-state index in [-0.39, 0.29) is 24.3 Å². The third-order valence-electron chi connectivity index (χ3n) is 4.97. The molecule has 1 aliphatic heterocycles. The van der Waals surface area contributed by atoms with Crippen LogP contribution < -0.4 is 10.6 Å². The average molecular weight is 533 g/mol. The normalized spacial score (nSPS) is 15.1. The number of hydrogen-bond donors (Lipinski definition) is 3. The van der Waals surface area contributed by atoms with Crippen LogP contribution in [-0.4, -0.2) is 47.7 Å². The zero-order chi connectivity index (χ0) is 21.9. The molecule has 0 radical (unpaired) electrons. The SMILES string of the molecule is CCCNCCC1(O)CN(C(=O)c2ccc(F)c(F)c2Nc2ccc(I)cc2F)C1. The second kappa shape index (κ2) is 9.52. The fourth-order valence-electron chi connectivity index (χ4n) is 3.34. The molecule has 0 saturated carbocycles. The number of benzene rings is 2. The van der Waals surface area contributed by atoms with Gasteiger partial charge in [0.15, 0.2) is 11.6 Å². The van der Waals surface area contributed by atoms with Crippen LogP contribution in [0.3, 0.4) is 0 Å². The van der Waals surface area contributed by atoms with Gasteiger partial charge in [0.05, 0.1) is 30.0 Å². The second-order valence-electron chi connectivity index (χ2n) is 7.42. The Kier molecular flexibility index (Phi) is 7.25. The first kappa shape index (κ1) is 22.8. The third-order valence-corrected chi connectivity index (χ3v) is 5.64. The molecular formula is C21H23F3IN3O2. The minimum atomic E-state index is -1.27. The maximum atomic E-state index is 14.5. The Balaban J connectivity index is 1.76. The van der Waals surface area contributed by atoms with Crippen molar-refractivity contribution in [3.63, 3.8) is 0 Å². The van der Waals surface area contributed by atoms with E-state index in [1.807, 2.05) is 29.5 Å². The van der Waals surface area contributed by atoms with E-state index in [0.717, 1.165) is 25.1 Å². The van der Waals surface area contributed by atoms with Crippen LogP contribution >= 0.6 is 22.6 Å². The summed E-state index contributed by atoms with van der Waals surface area (Å²) in [5, 5.41) is 16.2. The first-order chi connectivity index (χ1) is 14.2. The maximum Gasteiger partial charge on any atom is 0.256 e. The van der Waals surface area contributed by atoms with Crippen molar-refractivity contribution in [2.75, 3.05) is 31.5 Å². The number of likely N-dealkylation sites (tertiary alicyclic amines) is 1. The summed E-state index contributed by atoms with van der Waals surface area (Å²) in [5.74, 6) is -3.63. The summed E-state index contributed by atoms with van der Waals surface area (Å²) >= 11 is 1.93. The summed E-state index contributed by atoms with van der Waals surface area (Å²) < 4.78 is 43.2. The van der Waals surface area contributed by atoms with Crippen molar-refractivity contribution in [2.45, 2.75) is 25.4 Å². The number of hydrogen-bond acceptors (Lipinski definition) is 4. The Morgan fingerprint density at radius 1 is 1.17 bits per heavy atom. The largest absolute Gasteiger partial charge is 0.386 e. The van der Waals surface area contributed by atoms with Crippen LogP contribution in [0, 0.1) is 21.0 Å². The van der Waals surface area contributed by atoms with Gasteiger partial charge < -0.3 is 20.6 Å². The molecule has 2 aromatic carbocycles. The summed E-state index contributed by atoms with van der Waals surface area (Å²) in [7, 11) is 0. The molecule has 1 fully saturated rings. The standard InChI is InChI=1S/C21H23F3IN3O2/c1-2-8-26-9-7-21(30)11-28(12-21)20(29)14-4-5-15(22)18(24)19(14)27-17-6-3-13(25)10-16(17)23/h3-6,10,26-27,30H,2,7-9,11-12H2,1H3. The van der Waals surface area contributed by atoms with Crippen LogP contribution in [0.5, 0.6) is 0 Å². The lowest BCUT2D eigenvalue weighted by molar-refractivity contribution is -0.0850. The summed E-state index contributed by atoms with van der Waals surface area (Å²) in [5.41, 5.74) is -1.64. The monoisotopic (exact) mass is 533 g/mol. The van der Waals surface area contributed by atoms with E-state index in [0.29, 0.717) is 16.5 Å². The zero-order valence-corrected chi connectivity index (χ0v) is 18.6. The highest BCUT2D eigenvalue weighted by molar-refractivity contribution is 14.1. The molecule has 1 aliphatic rings. The number of carbonyl (C=O) groups is 1. The fourth-order valence-corrected chi connectivity index (χ4v) is 3.79. The van der Waals surface area contributed by atoms with Crippen molar-refractivity contribution in [3.8, 4) is 0 Å². The molecule has 2 aromatic rings. The Labute approximate surface area is 186 Å². The van der Waals surface area contributed by atoms with Gasteiger partial charge in [-0.05, 0) is 78.9 Å². The van der Waals surface area contributed by atoms with Gasteiger partial charge in [0, 0.05) is 3.57 Å². The van der Waals surface area contributed by atoms with Crippen LogP contribution in [0.25, 0.3) is 0 Å². The number of anilines is 2. The molecule has 0 spiro atoms. The highest BCUT2D eigenvalue weighted by atomic mass is 127. The van der Waals surface area contributed by atoms with Crippen LogP contribution in [-0.2, 0) is 0 Å². The Bertz CT molecular complexity index is 936. The summed E-state index contributed by atoms with van der Waals surface area (Å²) in [6.45, 7) is 3.70. The number of nitrogens with one attached hydrogen (secondary N) is 2. The molecule has 0 aromatic heterocycles. The minimum Gasteiger partial charge on any atom is -0.386 e. The lowest BCUT2D eigenvalue weighted by Gasteiger charge is -2.46. The molecule has 0 unspecified atom stereocenters. The summed E-state index contributed by atoms with van der Waals surface area (Å²) in [6, 6.07) is 6.25. The molecule has 9 heteroatoms. The van der Waals surface area contributed by atoms with Gasteiger partial charge in [0.2, 0.25) is 0 Å². The lowest BCUT2D eigenvalue weighted by Crippen LogP contribution is -2.64. The van der Waals surface area contributed by atoms with E-state index in [1.54, 1.807) is 6.07 Å². The molecule has 3 N–H and O–H groups in total. The number of halogens is 4. The van der Waals surface area contributed by atoms with Crippen LogP contribution in [0.1, 0.15) is 30.1 Å². The van der Waals surface area contributed by atoms with Gasteiger partial charge in [0.25, 0.3) is 5.91 Å². The number of β-amino-alcohol motifs (C(OH)–C–C–N with tert-alkyl or cyclic N) is 1. The van der Waals surface area contributed by atoms with Crippen molar-refractivity contribution in [1.29, 1.82) is 0 Å². The Hall–Kier alpha value is -1.85. The van der Waals surface area contributed by atoms with Gasteiger partial charge in [-0.3, -0.25) is 4.79 Å². The van der Waals surface area contributed by atoms with Crippen molar-refractivity contribution in [3.05, 3.63) is 56.9 Å². The van der Waals surface area contributed by atoms with Crippen molar-refractivity contribution >= 4 is 39.9 Å². The first-order valence-electron chi connectivity index (χ1n) is 9.66. The molecule has 1 heterocycles. The van der Waals surface area contributed by atoms with E-state index < -0.39 is 34.6 Å². The number of aliphatic hydroxyl groups is 1. The van der Waals surface area contributed by atoms with Gasteiger partial charge in [-0.2, -0.15) is 0 Å². The number of carbonyl (C=O) groups excluding carboxylic acids is 1. The molecule has 1 amide bonds. The van der Waals surface area contributed by atoms with Gasteiger partial charge in [-0.15, -0.1) is 0 Å². The van der Waals surface area contributed by atoms with Crippen LogP contribution in [0.2, 0.25) is 0 Å². The highest BCUT2D eigenvalue weighted by Gasteiger charge is 2.43. The number of nitrogens with zero attached hydrogens (tertiary/aromatic N) is 1. The van der Waals surface area contributed by atoms with E-state index in [2.05, 4.69) is 10.6 Å². The van der Waals surface area contributed by atoms with Crippen LogP contribution in [0.15, 0.2) is 30.3 Å². The van der Waals surface area contributed by atoms with Crippen molar-refractivity contribution < 1.29 is 23.1 Å². The molecule has 1 saturated heterocycles. The molecular weight excluding hydrogens is 510 g/mol. The number of rotatable bonds is 8. The lowest BCUT2D eigenvalue weighted by atomic mass is 9.89. The predicted molar refractivity (Wildman–Crippen MR) is 117 cm³/mol. The molecule has 0 bridgehead atoms. The molecule has 162 valence electrons. The predicted octanol–water partition coefficient (Wildman–Crippen LogP) is 4.03. The van der Waals surface area contributed by atoms with Crippen molar-refractivity contribution in [1.82, 2.24) is 10.2 Å². The topological polar surface area (TPSA) is 64.6 Å². The molecule has 0 aliphatic carbocycles. The molecule has 0 atom stereocenters. The smallest absolute Gasteiger partial charge is 0.256 e. The molecule has 30 heavy (non-hydrogen) atoms. The van der Waals surface area contributed by atoms with E-state index >= 15 is 0 Å². The zero-order valence-electron chi connectivity index (χ0n) is 16.4. The summed E-state index contributed by atoms with van der Waals surface area (Å²) in [6.07, 6.45) is 1.46. The average Bonchev–Trinajstić information content (AvgIpc) is 2.68. The van der Waals surface area contributed by atoms with Gasteiger partial charge in [0.1, 0.15) is 11.4 Å². The molecule has 5 nitrogen and oxygen atoms in total. The maximum absolute atomic E-state index is 14.5. The van der Waals surface area contributed by atoms with Gasteiger partial charge in [-0.1, -0.05) is 6.92 Å². The van der Waals surface area contributed by atoms with E-state index in [4.69, 9.17) is 0 Å². The van der Waals surface area contributed by atoms with Gasteiger partial charge in [-0.25, -0.2) is 13.2 Å². The van der Waals surface area contributed by atoms with E-state index in [9.17, 15) is 23.1 Å². The fraction of sp³-hybridized carbons (Fsp3) is 0.381. The van der Waals surface area contributed by atoms with Gasteiger partial charge >= 0.3 is 0 Å². The Morgan fingerprint density at radius 2 is 1.90 bits per heavy atom. The minimum absolute atomic E-state index is 0.0731. The number of amides is 1. The quantitative estimate of drug-likeness (QED) is 0.355. The third kappa shape index (κ3) is 5.06. The Morgan fingerprint density at radius 3 is 2.57 bits per heavy atom. The van der Waals surface area contributed by atoms with Crippen molar-refractivity contribution in [2.24, 2.45) is 0 Å². The highest BCUT2D eigenvalue weighted by Crippen LogP contribution is 2.32. The van der Waals surface area contributed by atoms with Crippen LogP contribution in [0.4, 0.5) is 24.5 Å². The first-order valence-corrected chi connectivity index (χ1v) is 10.7.